The van der Waals surface area contributed by atoms with Crippen molar-refractivity contribution in [1.29, 1.82) is 0 Å². The number of benzene rings is 1. The van der Waals surface area contributed by atoms with E-state index in [4.69, 9.17) is 11.6 Å². The van der Waals surface area contributed by atoms with Crippen LogP contribution in [0.5, 0.6) is 0 Å². The van der Waals surface area contributed by atoms with E-state index in [0.29, 0.717) is 6.04 Å². The van der Waals surface area contributed by atoms with E-state index in [1.165, 1.54) is 12.8 Å². The molecule has 2 rings (SSSR count). The second-order valence-corrected chi connectivity index (χ2v) is 5.49. The van der Waals surface area contributed by atoms with Gasteiger partial charge in [-0.15, -0.1) is 0 Å². The molecular formula is C12H16BrClN2. The van der Waals surface area contributed by atoms with Crippen molar-refractivity contribution in [3.05, 3.63) is 27.7 Å². The molecule has 1 aliphatic rings. The Morgan fingerprint density at radius 3 is 3.00 bits per heavy atom. The molecular weight excluding hydrogens is 288 g/mol. The SMILES string of the molecule is CNC1CCCN(c2ccc(Br)cc2Cl)C1. The molecule has 1 N–H and O–H groups in total. The smallest absolute Gasteiger partial charge is 0.0650 e. The highest BCUT2D eigenvalue weighted by Gasteiger charge is 2.20. The predicted molar refractivity (Wildman–Crippen MR) is 73.4 cm³/mol. The van der Waals surface area contributed by atoms with Crippen LogP contribution >= 0.6 is 27.5 Å². The van der Waals surface area contributed by atoms with Crippen molar-refractivity contribution in [3.63, 3.8) is 0 Å². The first-order chi connectivity index (χ1) is 7.70. The van der Waals surface area contributed by atoms with E-state index in [1.807, 2.05) is 19.2 Å². The number of hydrogen-bond acceptors (Lipinski definition) is 2. The van der Waals surface area contributed by atoms with E-state index >= 15 is 0 Å². The van der Waals surface area contributed by atoms with Gasteiger partial charge in [0.15, 0.2) is 0 Å². The number of likely N-dealkylation sites (N-methyl/N-ethyl adjacent to an activating group) is 1. The van der Waals surface area contributed by atoms with Gasteiger partial charge in [0.25, 0.3) is 0 Å². The molecule has 1 aromatic carbocycles. The van der Waals surface area contributed by atoms with Crippen molar-refractivity contribution in [2.75, 3.05) is 25.0 Å². The molecule has 4 heteroatoms. The van der Waals surface area contributed by atoms with Crippen molar-refractivity contribution >= 4 is 33.2 Å². The first-order valence-corrected chi connectivity index (χ1v) is 6.75. The monoisotopic (exact) mass is 302 g/mol. The molecule has 0 bridgehead atoms. The third-order valence-corrected chi connectivity index (χ3v) is 3.88. The topological polar surface area (TPSA) is 15.3 Å². The predicted octanol–water partition coefficient (Wildman–Crippen LogP) is 3.29. The Bertz CT molecular complexity index is 370. The minimum Gasteiger partial charge on any atom is -0.369 e. The Hall–Kier alpha value is -0.250. The van der Waals surface area contributed by atoms with Gasteiger partial charge in [-0.2, -0.15) is 0 Å². The van der Waals surface area contributed by atoms with Crippen LogP contribution in [0.1, 0.15) is 12.8 Å². The second kappa shape index (κ2) is 5.39. The Morgan fingerprint density at radius 2 is 2.31 bits per heavy atom. The van der Waals surface area contributed by atoms with Crippen LogP contribution in [0.3, 0.4) is 0 Å². The van der Waals surface area contributed by atoms with Crippen LogP contribution in [0.25, 0.3) is 0 Å². The molecule has 2 nitrogen and oxygen atoms in total. The molecule has 88 valence electrons. The fraction of sp³-hybridized carbons (Fsp3) is 0.500. The summed E-state index contributed by atoms with van der Waals surface area (Å²) >= 11 is 9.69. The van der Waals surface area contributed by atoms with Gasteiger partial charge in [0.2, 0.25) is 0 Å². The highest BCUT2D eigenvalue weighted by Crippen LogP contribution is 2.30. The van der Waals surface area contributed by atoms with Gasteiger partial charge in [-0.1, -0.05) is 27.5 Å². The minimum absolute atomic E-state index is 0.577. The van der Waals surface area contributed by atoms with Gasteiger partial charge in [0.05, 0.1) is 10.7 Å². The number of halogens is 2. The molecule has 1 aromatic rings. The summed E-state index contributed by atoms with van der Waals surface area (Å²) in [6.45, 7) is 2.14. The molecule has 1 fully saturated rings. The van der Waals surface area contributed by atoms with Gasteiger partial charge in [-0.05, 0) is 38.1 Å². The lowest BCUT2D eigenvalue weighted by molar-refractivity contribution is 0.449. The lowest BCUT2D eigenvalue weighted by atomic mass is 10.1. The Morgan fingerprint density at radius 1 is 1.50 bits per heavy atom. The molecule has 1 aliphatic heterocycles. The zero-order valence-corrected chi connectivity index (χ0v) is 11.7. The van der Waals surface area contributed by atoms with Gasteiger partial charge >= 0.3 is 0 Å². The van der Waals surface area contributed by atoms with Gasteiger partial charge in [-0.3, -0.25) is 0 Å². The van der Waals surface area contributed by atoms with Gasteiger partial charge in [-0.25, -0.2) is 0 Å². The summed E-state index contributed by atoms with van der Waals surface area (Å²) in [5.74, 6) is 0. The molecule has 1 heterocycles. The molecule has 1 atom stereocenters. The number of rotatable bonds is 2. The highest BCUT2D eigenvalue weighted by atomic mass is 79.9. The van der Waals surface area contributed by atoms with Gasteiger partial charge in [0, 0.05) is 23.6 Å². The maximum atomic E-state index is 6.26. The van der Waals surface area contributed by atoms with E-state index in [9.17, 15) is 0 Å². The minimum atomic E-state index is 0.577. The van der Waals surface area contributed by atoms with Crippen molar-refractivity contribution in [1.82, 2.24) is 5.32 Å². The molecule has 0 aromatic heterocycles. The van der Waals surface area contributed by atoms with Crippen LogP contribution in [0.2, 0.25) is 5.02 Å². The van der Waals surface area contributed by atoms with Crippen molar-refractivity contribution in [2.24, 2.45) is 0 Å². The zero-order valence-electron chi connectivity index (χ0n) is 9.34. The summed E-state index contributed by atoms with van der Waals surface area (Å²) in [6.07, 6.45) is 2.47. The average molecular weight is 304 g/mol. The number of anilines is 1. The van der Waals surface area contributed by atoms with Crippen molar-refractivity contribution in [3.8, 4) is 0 Å². The second-order valence-electron chi connectivity index (χ2n) is 4.17. The van der Waals surface area contributed by atoms with Gasteiger partial charge in [0.1, 0.15) is 0 Å². The maximum Gasteiger partial charge on any atom is 0.0650 e. The van der Waals surface area contributed by atoms with E-state index < -0.39 is 0 Å². The number of hydrogen-bond donors (Lipinski definition) is 1. The molecule has 0 aliphatic carbocycles. The van der Waals surface area contributed by atoms with Crippen LogP contribution in [-0.4, -0.2) is 26.2 Å². The third kappa shape index (κ3) is 2.70. The van der Waals surface area contributed by atoms with Crippen molar-refractivity contribution < 1.29 is 0 Å². The van der Waals surface area contributed by atoms with Gasteiger partial charge < -0.3 is 10.2 Å². The molecule has 0 radical (unpaired) electrons. The van der Waals surface area contributed by atoms with E-state index in [2.05, 4.69) is 32.2 Å². The Balaban J connectivity index is 2.16. The first-order valence-electron chi connectivity index (χ1n) is 5.58. The van der Waals surface area contributed by atoms with Crippen LogP contribution in [0, 0.1) is 0 Å². The molecule has 0 saturated carbocycles. The standard InChI is InChI=1S/C12H16BrClN2/c1-15-10-3-2-6-16(8-10)12-5-4-9(13)7-11(12)14/h4-5,7,10,15H,2-3,6,8H2,1H3. The van der Waals surface area contributed by atoms with Crippen LogP contribution in [0.4, 0.5) is 5.69 Å². The van der Waals surface area contributed by atoms with Crippen LogP contribution < -0.4 is 10.2 Å². The Labute approximate surface area is 110 Å². The fourth-order valence-electron chi connectivity index (χ4n) is 2.17. The van der Waals surface area contributed by atoms with E-state index in [-0.39, 0.29) is 0 Å². The molecule has 16 heavy (non-hydrogen) atoms. The molecule has 0 amide bonds. The molecule has 1 saturated heterocycles. The third-order valence-electron chi connectivity index (χ3n) is 3.08. The van der Waals surface area contributed by atoms with E-state index in [0.717, 1.165) is 28.3 Å². The normalized spacial score (nSPS) is 21.2. The number of nitrogens with zero attached hydrogens (tertiary/aromatic N) is 1. The van der Waals surface area contributed by atoms with E-state index in [1.54, 1.807) is 0 Å². The van der Waals surface area contributed by atoms with Crippen LogP contribution in [0.15, 0.2) is 22.7 Å². The summed E-state index contributed by atoms with van der Waals surface area (Å²) in [4.78, 5) is 2.36. The van der Waals surface area contributed by atoms with Crippen molar-refractivity contribution in [2.45, 2.75) is 18.9 Å². The maximum absolute atomic E-state index is 6.26. The number of nitrogens with one attached hydrogen (secondary N) is 1. The summed E-state index contributed by atoms with van der Waals surface area (Å²) in [5, 5.41) is 4.17. The summed E-state index contributed by atoms with van der Waals surface area (Å²) in [5.41, 5.74) is 1.14. The highest BCUT2D eigenvalue weighted by molar-refractivity contribution is 9.10. The molecule has 0 spiro atoms. The molecule has 1 unspecified atom stereocenters. The zero-order chi connectivity index (χ0) is 11.5. The average Bonchev–Trinajstić information content (AvgIpc) is 2.29. The lowest BCUT2D eigenvalue weighted by Crippen LogP contribution is -2.44. The quantitative estimate of drug-likeness (QED) is 0.902. The largest absolute Gasteiger partial charge is 0.369 e. The summed E-state index contributed by atoms with van der Waals surface area (Å²) in [7, 11) is 2.03. The Kier molecular flexibility index (Phi) is 4.11. The number of piperidine rings is 1. The summed E-state index contributed by atoms with van der Waals surface area (Å²) in [6, 6.07) is 6.67. The first kappa shape index (κ1) is 12.2. The summed E-state index contributed by atoms with van der Waals surface area (Å²) < 4.78 is 1.03. The fourth-order valence-corrected chi connectivity index (χ4v) is 2.96. The lowest BCUT2D eigenvalue weighted by Gasteiger charge is -2.34. The van der Waals surface area contributed by atoms with Crippen LogP contribution in [-0.2, 0) is 0 Å².